The maximum absolute atomic E-state index is 11.7. The molecule has 0 saturated carbocycles. The SMILES string of the molecule is CC[C@H](NC(=O)NCCC(F)(F)F)C(=O)O. The van der Waals surface area contributed by atoms with E-state index in [1.165, 1.54) is 6.92 Å². The number of amides is 2. The maximum atomic E-state index is 11.7. The minimum Gasteiger partial charge on any atom is -0.480 e. The highest BCUT2D eigenvalue weighted by Gasteiger charge is 2.26. The molecule has 0 radical (unpaired) electrons. The Hall–Kier alpha value is -1.47. The molecular weight excluding hydrogens is 229 g/mol. The van der Waals surface area contributed by atoms with Gasteiger partial charge in [0.25, 0.3) is 0 Å². The zero-order valence-electron chi connectivity index (χ0n) is 8.60. The van der Waals surface area contributed by atoms with Crippen LogP contribution in [0.15, 0.2) is 0 Å². The third kappa shape index (κ3) is 6.91. The Morgan fingerprint density at radius 2 is 1.94 bits per heavy atom. The van der Waals surface area contributed by atoms with Gasteiger partial charge >= 0.3 is 18.2 Å². The van der Waals surface area contributed by atoms with Gasteiger partial charge in [-0.3, -0.25) is 0 Å². The highest BCUT2D eigenvalue weighted by molar-refractivity contribution is 5.82. The average molecular weight is 242 g/mol. The van der Waals surface area contributed by atoms with Crippen molar-refractivity contribution in [3.05, 3.63) is 0 Å². The Labute approximate surface area is 90.0 Å². The number of nitrogens with one attached hydrogen (secondary N) is 2. The van der Waals surface area contributed by atoms with Gasteiger partial charge in [-0.05, 0) is 6.42 Å². The summed E-state index contributed by atoms with van der Waals surface area (Å²) in [4.78, 5) is 21.4. The normalized spacial score (nSPS) is 13.0. The second kappa shape index (κ2) is 6.19. The summed E-state index contributed by atoms with van der Waals surface area (Å²) < 4.78 is 35.1. The lowest BCUT2D eigenvalue weighted by molar-refractivity contribution is -0.139. The fraction of sp³-hybridized carbons (Fsp3) is 0.750. The Kier molecular flexibility index (Phi) is 5.62. The summed E-state index contributed by atoms with van der Waals surface area (Å²) in [7, 11) is 0. The molecule has 1 atom stereocenters. The van der Waals surface area contributed by atoms with Gasteiger partial charge in [0.2, 0.25) is 0 Å². The molecule has 0 bridgehead atoms. The summed E-state index contributed by atoms with van der Waals surface area (Å²) in [6.07, 6.45) is -5.34. The van der Waals surface area contributed by atoms with E-state index in [9.17, 15) is 22.8 Å². The standard InChI is InChI=1S/C8H13F3N2O3/c1-2-5(6(14)15)13-7(16)12-4-3-8(9,10)11/h5H,2-4H2,1H3,(H,14,15)(H2,12,13,16)/t5-/m0/s1. The third-order valence-electron chi connectivity index (χ3n) is 1.71. The fourth-order valence-corrected chi connectivity index (χ4v) is 0.865. The Morgan fingerprint density at radius 3 is 2.31 bits per heavy atom. The first-order chi connectivity index (χ1) is 7.26. The van der Waals surface area contributed by atoms with Crippen LogP contribution in [0.2, 0.25) is 0 Å². The monoisotopic (exact) mass is 242 g/mol. The second-order valence-corrected chi connectivity index (χ2v) is 3.06. The molecule has 0 heterocycles. The molecule has 0 aliphatic heterocycles. The van der Waals surface area contributed by atoms with Crippen LogP contribution in [0, 0.1) is 0 Å². The molecule has 0 fully saturated rings. The number of carboxylic acids is 1. The molecule has 0 spiro atoms. The van der Waals surface area contributed by atoms with Gasteiger partial charge in [0.15, 0.2) is 0 Å². The number of carboxylic acid groups (broad SMARTS) is 1. The Morgan fingerprint density at radius 1 is 1.38 bits per heavy atom. The van der Waals surface area contributed by atoms with Crippen LogP contribution in [-0.2, 0) is 4.79 Å². The summed E-state index contributed by atoms with van der Waals surface area (Å²) in [5.74, 6) is -1.23. The predicted octanol–water partition coefficient (Wildman–Crippen LogP) is 1.10. The van der Waals surface area contributed by atoms with Crippen molar-refractivity contribution >= 4 is 12.0 Å². The first-order valence-corrected chi connectivity index (χ1v) is 4.60. The largest absolute Gasteiger partial charge is 0.480 e. The molecule has 0 unspecified atom stereocenters. The zero-order chi connectivity index (χ0) is 12.8. The number of rotatable bonds is 5. The van der Waals surface area contributed by atoms with E-state index in [-0.39, 0.29) is 6.42 Å². The van der Waals surface area contributed by atoms with Crippen LogP contribution < -0.4 is 10.6 Å². The van der Waals surface area contributed by atoms with E-state index in [0.29, 0.717) is 0 Å². The molecule has 0 aromatic heterocycles. The molecule has 0 rings (SSSR count). The van der Waals surface area contributed by atoms with E-state index in [1.54, 1.807) is 0 Å². The molecule has 0 saturated heterocycles. The highest BCUT2D eigenvalue weighted by atomic mass is 19.4. The lowest BCUT2D eigenvalue weighted by Gasteiger charge is -2.13. The molecule has 0 aliphatic carbocycles. The van der Waals surface area contributed by atoms with Crippen molar-refractivity contribution in [1.82, 2.24) is 10.6 Å². The van der Waals surface area contributed by atoms with Gasteiger partial charge in [0.1, 0.15) is 6.04 Å². The van der Waals surface area contributed by atoms with Gasteiger partial charge < -0.3 is 15.7 Å². The van der Waals surface area contributed by atoms with E-state index < -0.39 is 37.2 Å². The van der Waals surface area contributed by atoms with Crippen LogP contribution in [0.25, 0.3) is 0 Å². The first-order valence-electron chi connectivity index (χ1n) is 4.60. The third-order valence-corrected chi connectivity index (χ3v) is 1.71. The fourth-order valence-electron chi connectivity index (χ4n) is 0.865. The van der Waals surface area contributed by atoms with Gasteiger partial charge in [-0.15, -0.1) is 0 Å². The molecule has 8 heteroatoms. The van der Waals surface area contributed by atoms with E-state index in [1.807, 2.05) is 10.6 Å². The highest BCUT2D eigenvalue weighted by Crippen LogP contribution is 2.17. The van der Waals surface area contributed by atoms with Crippen molar-refractivity contribution in [1.29, 1.82) is 0 Å². The lowest BCUT2D eigenvalue weighted by atomic mass is 10.2. The first kappa shape index (κ1) is 14.5. The van der Waals surface area contributed by atoms with Gasteiger partial charge in [0, 0.05) is 6.54 Å². The van der Waals surface area contributed by atoms with Crippen LogP contribution in [0.3, 0.4) is 0 Å². The molecule has 0 aliphatic rings. The van der Waals surface area contributed by atoms with E-state index >= 15 is 0 Å². The number of hydrogen-bond donors (Lipinski definition) is 3. The number of carbonyl (C=O) groups is 2. The van der Waals surface area contributed by atoms with E-state index in [2.05, 4.69) is 0 Å². The summed E-state index contributed by atoms with van der Waals surface area (Å²) in [5.41, 5.74) is 0. The van der Waals surface area contributed by atoms with Crippen LogP contribution in [0.1, 0.15) is 19.8 Å². The summed E-state index contributed by atoms with van der Waals surface area (Å²) in [6.45, 7) is 0.958. The van der Waals surface area contributed by atoms with Crippen molar-refractivity contribution in [3.63, 3.8) is 0 Å². The lowest BCUT2D eigenvalue weighted by Crippen LogP contribution is -2.46. The minimum absolute atomic E-state index is 0.155. The van der Waals surface area contributed by atoms with E-state index in [0.717, 1.165) is 0 Å². The van der Waals surface area contributed by atoms with E-state index in [4.69, 9.17) is 5.11 Å². The molecule has 0 aromatic carbocycles. The smallest absolute Gasteiger partial charge is 0.390 e. The van der Waals surface area contributed by atoms with Crippen LogP contribution in [0.5, 0.6) is 0 Å². The minimum atomic E-state index is -4.34. The van der Waals surface area contributed by atoms with Crippen LogP contribution in [-0.4, -0.2) is 35.9 Å². The summed E-state index contributed by atoms with van der Waals surface area (Å²) in [5, 5.41) is 12.5. The predicted molar refractivity (Wildman–Crippen MR) is 48.9 cm³/mol. The van der Waals surface area contributed by atoms with Crippen molar-refractivity contribution < 1.29 is 27.9 Å². The molecule has 0 aromatic rings. The maximum Gasteiger partial charge on any atom is 0.390 e. The summed E-state index contributed by atoms with van der Waals surface area (Å²) >= 11 is 0. The van der Waals surface area contributed by atoms with Crippen molar-refractivity contribution in [2.24, 2.45) is 0 Å². The topological polar surface area (TPSA) is 78.4 Å². The number of urea groups is 1. The number of carbonyl (C=O) groups excluding carboxylic acids is 1. The van der Waals surface area contributed by atoms with Crippen LogP contribution in [0.4, 0.5) is 18.0 Å². The van der Waals surface area contributed by atoms with Gasteiger partial charge in [-0.2, -0.15) is 13.2 Å². The number of halogens is 3. The zero-order valence-corrected chi connectivity index (χ0v) is 8.60. The number of aliphatic carboxylic acids is 1. The molecular formula is C8H13F3N2O3. The molecule has 3 N–H and O–H groups in total. The number of alkyl halides is 3. The van der Waals surface area contributed by atoms with Crippen molar-refractivity contribution in [2.45, 2.75) is 32.0 Å². The van der Waals surface area contributed by atoms with Gasteiger partial charge in [-0.25, -0.2) is 9.59 Å². The quantitative estimate of drug-likeness (QED) is 0.675. The molecule has 5 nitrogen and oxygen atoms in total. The van der Waals surface area contributed by atoms with Gasteiger partial charge in [0.05, 0.1) is 6.42 Å². The van der Waals surface area contributed by atoms with Crippen LogP contribution >= 0.6 is 0 Å². The second-order valence-electron chi connectivity index (χ2n) is 3.06. The Balaban J connectivity index is 3.86. The number of hydrogen-bond acceptors (Lipinski definition) is 2. The average Bonchev–Trinajstić information content (AvgIpc) is 2.11. The van der Waals surface area contributed by atoms with Gasteiger partial charge in [-0.1, -0.05) is 6.92 Å². The molecule has 16 heavy (non-hydrogen) atoms. The van der Waals surface area contributed by atoms with Crippen molar-refractivity contribution in [2.75, 3.05) is 6.54 Å². The Bertz CT molecular complexity index is 255. The summed E-state index contributed by atoms with van der Waals surface area (Å²) in [6, 6.07) is -2.01. The molecule has 94 valence electrons. The van der Waals surface area contributed by atoms with Crippen molar-refractivity contribution in [3.8, 4) is 0 Å². The molecule has 2 amide bonds.